The Bertz CT molecular complexity index is 397. The molecule has 2 rings (SSSR count). The van der Waals surface area contributed by atoms with Gasteiger partial charge >= 0.3 is 0 Å². The molecule has 1 unspecified atom stereocenters. The van der Waals surface area contributed by atoms with E-state index in [2.05, 4.69) is 5.32 Å². The second-order valence-electron chi connectivity index (χ2n) is 6.20. The zero-order valence-corrected chi connectivity index (χ0v) is 14.9. The number of halogens is 1. The Morgan fingerprint density at radius 1 is 1.10 bits per heavy atom. The van der Waals surface area contributed by atoms with Crippen LogP contribution in [0.5, 0.6) is 0 Å². The Balaban J connectivity index is 0.00000220. The first-order chi connectivity index (χ1) is 9.55. The summed E-state index contributed by atoms with van der Waals surface area (Å²) >= 11 is 0. The molecule has 5 nitrogen and oxygen atoms in total. The molecule has 0 aromatic carbocycles. The summed E-state index contributed by atoms with van der Waals surface area (Å²) in [5.41, 5.74) is 0. The molecular weight excluding hydrogens is 310 g/mol. The fourth-order valence-electron chi connectivity index (χ4n) is 3.34. The van der Waals surface area contributed by atoms with E-state index in [1.165, 1.54) is 0 Å². The summed E-state index contributed by atoms with van der Waals surface area (Å²) in [6.07, 6.45) is 6.32. The standard InChI is InChI=1S/C14H29N3O2S.ClH/c1-13-5-3-4-10-17(13)20(18,19)16-11-7-14(8-12-16)6-9-15-2;/h13-15H,3-12H2,1-2H3;1H. The lowest BCUT2D eigenvalue weighted by atomic mass is 9.95. The van der Waals surface area contributed by atoms with Gasteiger partial charge in [-0.25, -0.2) is 0 Å². The molecule has 2 fully saturated rings. The Kier molecular flexibility index (Phi) is 7.92. The van der Waals surface area contributed by atoms with Crippen LogP contribution in [0.2, 0.25) is 0 Å². The van der Waals surface area contributed by atoms with Gasteiger partial charge in [0.1, 0.15) is 0 Å². The molecule has 0 radical (unpaired) electrons. The van der Waals surface area contributed by atoms with Gasteiger partial charge in [0.15, 0.2) is 0 Å². The third kappa shape index (κ3) is 4.79. The van der Waals surface area contributed by atoms with Crippen molar-refractivity contribution in [2.45, 2.75) is 51.5 Å². The van der Waals surface area contributed by atoms with Crippen LogP contribution in [0.4, 0.5) is 0 Å². The van der Waals surface area contributed by atoms with Gasteiger partial charge < -0.3 is 5.32 Å². The Morgan fingerprint density at radius 2 is 1.76 bits per heavy atom. The normalized spacial score (nSPS) is 26.5. The summed E-state index contributed by atoms with van der Waals surface area (Å²) in [5.74, 6) is 0.674. The molecule has 21 heavy (non-hydrogen) atoms. The quantitative estimate of drug-likeness (QED) is 0.831. The Morgan fingerprint density at radius 3 is 2.33 bits per heavy atom. The third-order valence-corrected chi connectivity index (χ3v) is 6.89. The SMILES string of the molecule is CNCCC1CCN(S(=O)(=O)N2CCCCC2C)CC1.Cl. The molecule has 0 bridgehead atoms. The van der Waals surface area contributed by atoms with Crippen molar-refractivity contribution in [3.8, 4) is 0 Å². The highest BCUT2D eigenvalue weighted by molar-refractivity contribution is 7.86. The van der Waals surface area contributed by atoms with Gasteiger partial charge in [-0.15, -0.1) is 12.4 Å². The van der Waals surface area contributed by atoms with Crippen molar-refractivity contribution in [3.63, 3.8) is 0 Å². The van der Waals surface area contributed by atoms with Crippen molar-refractivity contribution in [3.05, 3.63) is 0 Å². The van der Waals surface area contributed by atoms with Crippen molar-refractivity contribution in [2.75, 3.05) is 33.2 Å². The fourth-order valence-corrected chi connectivity index (χ4v) is 5.23. The predicted molar refractivity (Wildman–Crippen MR) is 89.0 cm³/mol. The van der Waals surface area contributed by atoms with Crippen LogP contribution in [0.1, 0.15) is 45.4 Å². The molecule has 0 spiro atoms. The van der Waals surface area contributed by atoms with E-state index in [0.717, 1.165) is 45.1 Å². The summed E-state index contributed by atoms with van der Waals surface area (Å²) in [6, 6.07) is 0.163. The summed E-state index contributed by atoms with van der Waals surface area (Å²) in [7, 11) is -1.26. The van der Waals surface area contributed by atoms with Gasteiger partial charge in [-0.3, -0.25) is 0 Å². The molecule has 2 aliphatic heterocycles. The largest absolute Gasteiger partial charge is 0.320 e. The van der Waals surface area contributed by atoms with Crippen LogP contribution in [0.15, 0.2) is 0 Å². The molecule has 0 amide bonds. The smallest absolute Gasteiger partial charge is 0.282 e. The molecule has 1 N–H and O–H groups in total. The lowest BCUT2D eigenvalue weighted by Gasteiger charge is -2.39. The summed E-state index contributed by atoms with van der Waals surface area (Å²) < 4.78 is 28.9. The van der Waals surface area contributed by atoms with E-state index >= 15 is 0 Å². The lowest BCUT2D eigenvalue weighted by molar-refractivity contribution is 0.215. The third-order valence-electron chi connectivity index (χ3n) is 4.74. The zero-order chi connectivity index (χ0) is 14.6. The maximum atomic E-state index is 12.7. The number of rotatable bonds is 5. The minimum Gasteiger partial charge on any atom is -0.320 e. The molecule has 0 aromatic heterocycles. The Labute approximate surface area is 136 Å². The van der Waals surface area contributed by atoms with E-state index in [1.54, 1.807) is 8.61 Å². The molecule has 2 aliphatic rings. The molecule has 7 heteroatoms. The number of nitrogens with zero attached hydrogens (tertiary/aromatic N) is 2. The van der Waals surface area contributed by atoms with Crippen molar-refractivity contribution in [1.82, 2.24) is 13.9 Å². The lowest BCUT2D eigenvalue weighted by Crippen LogP contribution is -2.51. The zero-order valence-electron chi connectivity index (χ0n) is 13.3. The van der Waals surface area contributed by atoms with Gasteiger partial charge in [0.05, 0.1) is 0 Å². The van der Waals surface area contributed by atoms with Crippen LogP contribution < -0.4 is 5.32 Å². The molecular formula is C14H30ClN3O2S. The average Bonchev–Trinajstić information content (AvgIpc) is 2.46. The second kappa shape index (κ2) is 8.67. The first kappa shape index (κ1) is 19.2. The van der Waals surface area contributed by atoms with Gasteiger partial charge in [0, 0.05) is 25.7 Å². The predicted octanol–water partition coefficient (Wildman–Crippen LogP) is 1.85. The van der Waals surface area contributed by atoms with E-state index in [-0.39, 0.29) is 18.4 Å². The highest BCUT2D eigenvalue weighted by Crippen LogP contribution is 2.27. The van der Waals surface area contributed by atoms with Crippen LogP contribution in [0, 0.1) is 5.92 Å². The van der Waals surface area contributed by atoms with E-state index in [0.29, 0.717) is 25.6 Å². The summed E-state index contributed by atoms with van der Waals surface area (Å²) in [5, 5.41) is 3.17. The van der Waals surface area contributed by atoms with Crippen molar-refractivity contribution in [2.24, 2.45) is 5.92 Å². The first-order valence-corrected chi connectivity index (χ1v) is 9.37. The van der Waals surface area contributed by atoms with Gasteiger partial charge in [-0.05, 0) is 58.5 Å². The van der Waals surface area contributed by atoms with Crippen LogP contribution in [-0.2, 0) is 10.2 Å². The topological polar surface area (TPSA) is 52.7 Å². The number of piperidine rings is 2. The van der Waals surface area contributed by atoms with Crippen LogP contribution >= 0.6 is 12.4 Å². The minimum absolute atomic E-state index is 0. The number of hydrogen-bond acceptors (Lipinski definition) is 3. The average molecular weight is 340 g/mol. The van der Waals surface area contributed by atoms with E-state index in [9.17, 15) is 8.42 Å². The second-order valence-corrected chi connectivity index (χ2v) is 8.08. The molecule has 1 atom stereocenters. The maximum absolute atomic E-state index is 12.7. The van der Waals surface area contributed by atoms with Gasteiger partial charge in [0.25, 0.3) is 10.2 Å². The molecule has 126 valence electrons. The Hall–Kier alpha value is 0.120. The summed E-state index contributed by atoms with van der Waals surface area (Å²) in [6.45, 7) is 5.15. The van der Waals surface area contributed by atoms with Crippen molar-refractivity contribution in [1.29, 1.82) is 0 Å². The number of hydrogen-bond donors (Lipinski definition) is 1. The van der Waals surface area contributed by atoms with Crippen LogP contribution in [0.25, 0.3) is 0 Å². The fraction of sp³-hybridized carbons (Fsp3) is 1.00. The highest BCUT2D eigenvalue weighted by Gasteiger charge is 2.36. The molecule has 2 heterocycles. The van der Waals surface area contributed by atoms with Gasteiger partial charge in [0.2, 0.25) is 0 Å². The number of nitrogens with one attached hydrogen (secondary N) is 1. The monoisotopic (exact) mass is 339 g/mol. The minimum atomic E-state index is -3.23. The molecule has 2 saturated heterocycles. The van der Waals surface area contributed by atoms with Gasteiger partial charge in [-0.1, -0.05) is 6.42 Å². The van der Waals surface area contributed by atoms with Crippen molar-refractivity contribution >= 4 is 22.6 Å². The van der Waals surface area contributed by atoms with Crippen molar-refractivity contribution < 1.29 is 8.42 Å². The molecule has 0 aromatic rings. The van der Waals surface area contributed by atoms with Crippen LogP contribution in [0.3, 0.4) is 0 Å². The van der Waals surface area contributed by atoms with Crippen LogP contribution in [-0.4, -0.2) is 56.3 Å². The van der Waals surface area contributed by atoms with Gasteiger partial charge in [-0.2, -0.15) is 17.0 Å². The molecule has 0 aliphatic carbocycles. The highest BCUT2D eigenvalue weighted by atomic mass is 35.5. The van der Waals surface area contributed by atoms with E-state index < -0.39 is 10.2 Å². The molecule has 0 saturated carbocycles. The summed E-state index contributed by atoms with van der Waals surface area (Å²) in [4.78, 5) is 0. The van der Waals surface area contributed by atoms with E-state index in [4.69, 9.17) is 0 Å². The maximum Gasteiger partial charge on any atom is 0.282 e. The van der Waals surface area contributed by atoms with E-state index in [1.807, 2.05) is 14.0 Å². The first-order valence-electron chi connectivity index (χ1n) is 7.97.